The highest BCUT2D eigenvalue weighted by atomic mass is 32.2. The van der Waals surface area contributed by atoms with Gasteiger partial charge in [-0.1, -0.05) is 30.3 Å². The average molecular weight is 391 g/mol. The van der Waals surface area contributed by atoms with E-state index in [1.54, 1.807) is 11.8 Å². The van der Waals surface area contributed by atoms with Gasteiger partial charge in [0.15, 0.2) is 0 Å². The van der Waals surface area contributed by atoms with Crippen LogP contribution in [-0.2, 0) is 7.05 Å². The number of carboxylic acid groups (broad SMARTS) is 1. The Morgan fingerprint density at radius 2 is 1.81 bits per heavy atom. The van der Waals surface area contributed by atoms with E-state index < -0.39 is 23.7 Å². The first-order valence-electron chi connectivity index (χ1n) is 7.87. The maximum atomic E-state index is 12.1. The molecule has 0 spiro atoms. The van der Waals surface area contributed by atoms with E-state index in [9.17, 15) is 13.6 Å². The van der Waals surface area contributed by atoms with Gasteiger partial charge in [-0.15, -0.1) is 11.8 Å². The number of aryl methyl sites for hydroxylation is 1. The number of para-hydroxylation sites is 1. The molecule has 27 heavy (non-hydrogen) atoms. The summed E-state index contributed by atoms with van der Waals surface area (Å²) in [6.45, 7) is 0. The molecule has 142 valence electrons. The van der Waals surface area contributed by atoms with Gasteiger partial charge < -0.3 is 10.8 Å². The minimum atomic E-state index is -2.85. The van der Waals surface area contributed by atoms with Gasteiger partial charge in [-0.05, 0) is 30.0 Å². The van der Waals surface area contributed by atoms with Gasteiger partial charge >= 0.3 is 5.97 Å². The molecule has 1 aromatic heterocycles. The minimum Gasteiger partial charge on any atom is -0.478 e. The normalized spacial score (nSPS) is 10.4. The summed E-state index contributed by atoms with van der Waals surface area (Å²) in [6.07, 6.45) is 0.271. The molecule has 0 radical (unpaired) electrons. The second kappa shape index (κ2) is 9.18. The van der Waals surface area contributed by atoms with Crippen LogP contribution in [0.25, 0.3) is 11.1 Å². The molecule has 3 rings (SSSR count). The number of alkyl halides is 2. The molecule has 5 nitrogen and oxygen atoms in total. The monoisotopic (exact) mass is 391 g/mol. The van der Waals surface area contributed by atoms with E-state index in [0.717, 1.165) is 22.1 Å². The molecule has 2 aromatic carbocycles. The van der Waals surface area contributed by atoms with Crippen LogP contribution >= 0.6 is 11.8 Å². The number of thioether (sulfide) groups is 1. The van der Waals surface area contributed by atoms with Crippen molar-refractivity contribution in [3.8, 4) is 11.1 Å². The van der Waals surface area contributed by atoms with Gasteiger partial charge in [0.1, 0.15) is 11.3 Å². The summed E-state index contributed by atoms with van der Waals surface area (Å²) in [5.74, 6) is -1.39. The van der Waals surface area contributed by atoms with E-state index in [1.165, 1.54) is 17.5 Å². The molecule has 1 heterocycles. The summed E-state index contributed by atoms with van der Waals surface area (Å²) < 4.78 is 25.2. The van der Waals surface area contributed by atoms with Crippen molar-refractivity contribution in [3.05, 3.63) is 66.0 Å². The van der Waals surface area contributed by atoms with Crippen molar-refractivity contribution in [2.45, 2.75) is 11.3 Å². The fourth-order valence-corrected chi connectivity index (χ4v) is 2.77. The molecular formula is C19H19F2N3O2S. The lowest BCUT2D eigenvalue weighted by Gasteiger charge is -2.05. The lowest BCUT2D eigenvalue weighted by molar-refractivity contribution is 0.0684. The summed E-state index contributed by atoms with van der Waals surface area (Å²) in [5.41, 5.74) is 7.88. The third kappa shape index (κ3) is 5.30. The van der Waals surface area contributed by atoms with Gasteiger partial charge in [0, 0.05) is 29.4 Å². The number of nitrogen functional groups attached to an aromatic ring is 1. The molecule has 0 bridgehead atoms. The number of nitrogens with two attached hydrogens (primary N) is 1. The number of anilines is 1. The third-order valence-corrected chi connectivity index (χ3v) is 4.40. The van der Waals surface area contributed by atoms with Gasteiger partial charge in [-0.2, -0.15) is 5.10 Å². The van der Waals surface area contributed by atoms with Crippen LogP contribution in [0.5, 0.6) is 0 Å². The summed E-state index contributed by atoms with van der Waals surface area (Å²) >= 11 is 1.75. The largest absolute Gasteiger partial charge is 0.478 e. The van der Waals surface area contributed by atoms with E-state index in [2.05, 4.69) is 35.6 Å². The summed E-state index contributed by atoms with van der Waals surface area (Å²) in [7, 11) is 1.39. The van der Waals surface area contributed by atoms with Crippen LogP contribution in [0.15, 0.2) is 59.6 Å². The first-order chi connectivity index (χ1) is 12.8. The molecule has 0 aliphatic heterocycles. The van der Waals surface area contributed by atoms with E-state index in [1.807, 2.05) is 24.3 Å². The number of carbonyl (C=O) groups is 1. The van der Waals surface area contributed by atoms with Crippen LogP contribution < -0.4 is 5.73 Å². The number of aromatic nitrogens is 2. The van der Waals surface area contributed by atoms with Gasteiger partial charge in [0.05, 0.1) is 0 Å². The Morgan fingerprint density at radius 3 is 2.30 bits per heavy atom. The predicted octanol–water partition coefficient (Wildman–Crippen LogP) is 4.71. The quantitative estimate of drug-likeness (QED) is 0.497. The number of hydrogen-bond donors (Lipinski definition) is 2. The second-order valence-electron chi connectivity index (χ2n) is 5.52. The Kier molecular flexibility index (Phi) is 6.95. The van der Waals surface area contributed by atoms with Crippen LogP contribution in [0.2, 0.25) is 0 Å². The van der Waals surface area contributed by atoms with Crippen molar-refractivity contribution in [2.75, 3.05) is 12.0 Å². The molecule has 0 aliphatic rings. The summed E-state index contributed by atoms with van der Waals surface area (Å²) in [5, 5.41) is 11.8. The zero-order chi connectivity index (χ0) is 20.0. The Bertz CT molecular complexity index is 912. The molecule has 0 aliphatic carbocycles. The van der Waals surface area contributed by atoms with Gasteiger partial charge in [-0.25, -0.2) is 13.6 Å². The number of hydrogen-bond acceptors (Lipinski definition) is 4. The van der Waals surface area contributed by atoms with Gasteiger partial charge in [-0.3, -0.25) is 4.68 Å². The predicted molar refractivity (Wildman–Crippen MR) is 103 cm³/mol. The lowest BCUT2D eigenvalue weighted by atomic mass is 10.0. The Labute approximate surface area is 159 Å². The molecule has 0 unspecified atom stereocenters. The molecule has 0 saturated heterocycles. The van der Waals surface area contributed by atoms with Crippen molar-refractivity contribution in [1.82, 2.24) is 9.78 Å². The van der Waals surface area contributed by atoms with Crippen LogP contribution in [-0.4, -0.2) is 27.1 Å². The van der Waals surface area contributed by atoms with E-state index in [0.29, 0.717) is 0 Å². The van der Waals surface area contributed by atoms with Crippen LogP contribution in [0.1, 0.15) is 22.5 Å². The summed E-state index contributed by atoms with van der Waals surface area (Å²) in [4.78, 5) is 11.6. The molecule has 3 aromatic rings. The molecule has 8 heteroatoms. The first kappa shape index (κ1) is 20.4. The lowest BCUT2D eigenvalue weighted by Crippen LogP contribution is -1.99. The minimum absolute atomic E-state index is 0.451. The number of halogens is 2. The van der Waals surface area contributed by atoms with E-state index >= 15 is 0 Å². The molecule has 0 atom stereocenters. The Hall–Kier alpha value is -2.87. The fourth-order valence-electron chi connectivity index (χ4n) is 2.36. The van der Waals surface area contributed by atoms with Crippen molar-refractivity contribution in [1.29, 1.82) is 0 Å². The topological polar surface area (TPSA) is 81.1 Å². The number of rotatable bonds is 4. The van der Waals surface area contributed by atoms with Crippen molar-refractivity contribution >= 4 is 23.4 Å². The molecule has 3 N–H and O–H groups in total. The third-order valence-electron chi connectivity index (χ3n) is 3.66. The van der Waals surface area contributed by atoms with Crippen LogP contribution in [0.3, 0.4) is 0 Å². The van der Waals surface area contributed by atoms with E-state index in [4.69, 9.17) is 10.8 Å². The Balaban J connectivity index is 0.000000199. The average Bonchev–Trinajstić information content (AvgIpc) is 3.05. The fraction of sp³-hybridized carbons (Fsp3) is 0.158. The standard InChI is InChI=1S/C13H13NS.C6H6F2N2O2/c1-15-11-8-6-10(7-9-11)12-4-2-3-5-13(12)14;1-10-2-3(6(11)12)4(9-10)5(7)8/h2-9H,14H2,1H3;2,5H,1H3,(H,11,12). The summed E-state index contributed by atoms with van der Waals surface area (Å²) in [6, 6.07) is 16.4. The van der Waals surface area contributed by atoms with Crippen LogP contribution in [0, 0.1) is 0 Å². The van der Waals surface area contributed by atoms with Crippen molar-refractivity contribution in [2.24, 2.45) is 7.05 Å². The first-order valence-corrected chi connectivity index (χ1v) is 9.10. The zero-order valence-electron chi connectivity index (χ0n) is 14.8. The number of nitrogens with zero attached hydrogens (tertiary/aromatic N) is 2. The van der Waals surface area contributed by atoms with Crippen molar-refractivity contribution in [3.63, 3.8) is 0 Å². The molecule has 0 saturated carbocycles. The van der Waals surface area contributed by atoms with Gasteiger partial charge in [0.25, 0.3) is 6.43 Å². The zero-order valence-corrected chi connectivity index (χ0v) is 15.6. The van der Waals surface area contributed by atoms with Gasteiger partial charge in [0.2, 0.25) is 0 Å². The smallest absolute Gasteiger partial charge is 0.339 e. The SMILES string of the molecule is CSc1ccc(-c2ccccc2N)cc1.Cn1cc(C(=O)O)c(C(F)F)n1. The molecule has 0 amide bonds. The van der Waals surface area contributed by atoms with Crippen molar-refractivity contribution < 1.29 is 18.7 Å². The number of benzene rings is 2. The number of aromatic carboxylic acids is 1. The maximum Gasteiger partial charge on any atom is 0.339 e. The highest BCUT2D eigenvalue weighted by Gasteiger charge is 2.21. The van der Waals surface area contributed by atoms with E-state index in [-0.39, 0.29) is 0 Å². The maximum absolute atomic E-state index is 12.1. The highest BCUT2D eigenvalue weighted by molar-refractivity contribution is 7.98. The second-order valence-corrected chi connectivity index (χ2v) is 6.40. The molecular weight excluding hydrogens is 372 g/mol. The highest BCUT2D eigenvalue weighted by Crippen LogP contribution is 2.27. The van der Waals surface area contributed by atoms with Crippen LogP contribution in [0.4, 0.5) is 14.5 Å². The Morgan fingerprint density at radius 1 is 1.19 bits per heavy atom. The number of carboxylic acids is 1. The molecule has 0 fully saturated rings.